The summed E-state index contributed by atoms with van der Waals surface area (Å²) in [5.41, 5.74) is -0.821. The van der Waals surface area contributed by atoms with Crippen molar-refractivity contribution in [1.29, 1.82) is 0 Å². The van der Waals surface area contributed by atoms with Crippen LogP contribution in [-0.4, -0.2) is 58.3 Å². The van der Waals surface area contributed by atoms with Crippen molar-refractivity contribution in [2.24, 2.45) is 5.14 Å². The lowest BCUT2D eigenvalue weighted by Crippen LogP contribution is -2.22. The number of benzene rings is 2. The Morgan fingerprint density at radius 3 is 2.28 bits per heavy atom. The van der Waals surface area contributed by atoms with Gasteiger partial charge in [0.25, 0.3) is 0 Å². The van der Waals surface area contributed by atoms with E-state index in [2.05, 4.69) is 10.1 Å². The zero-order chi connectivity index (χ0) is 26.7. The Balaban J connectivity index is 1.88. The van der Waals surface area contributed by atoms with Crippen LogP contribution in [0.1, 0.15) is 22.3 Å². The molecule has 16 heteroatoms. The van der Waals surface area contributed by atoms with Gasteiger partial charge < -0.3 is 4.84 Å². The number of halogens is 3. The van der Waals surface area contributed by atoms with Gasteiger partial charge in [0.05, 0.1) is 16.0 Å². The molecule has 0 aliphatic rings. The van der Waals surface area contributed by atoms with Crippen LogP contribution in [0.3, 0.4) is 0 Å². The zero-order valence-corrected chi connectivity index (χ0v) is 20.0. The largest absolute Gasteiger partial charge is 0.416 e. The van der Waals surface area contributed by atoms with Gasteiger partial charge >= 0.3 is 12.1 Å². The maximum Gasteiger partial charge on any atom is 0.416 e. The van der Waals surface area contributed by atoms with Gasteiger partial charge in [-0.2, -0.15) is 18.2 Å². The molecule has 0 atom stereocenters. The molecule has 3 N–H and O–H groups in total. The number of nitrogens with two attached hydrogens (primary N) is 1. The van der Waals surface area contributed by atoms with Gasteiger partial charge in [0.1, 0.15) is 0 Å². The molecule has 192 valence electrons. The summed E-state index contributed by atoms with van der Waals surface area (Å²) in [7, 11) is -2.82. The molecule has 0 saturated carbocycles. The van der Waals surface area contributed by atoms with E-state index in [0.717, 1.165) is 67.3 Å². The predicted octanol–water partition coefficient (Wildman–Crippen LogP) is 2.21. The first-order valence-corrected chi connectivity index (χ1v) is 12.4. The highest BCUT2D eigenvalue weighted by Crippen LogP contribution is 2.31. The maximum absolute atomic E-state index is 12.9. The second-order valence-corrected chi connectivity index (χ2v) is 9.75. The first kappa shape index (κ1) is 27.1. The zero-order valence-electron chi connectivity index (χ0n) is 18.3. The van der Waals surface area contributed by atoms with Crippen molar-refractivity contribution in [2.75, 3.05) is 12.8 Å². The Morgan fingerprint density at radius 1 is 1.14 bits per heavy atom. The molecule has 0 radical (unpaired) electrons. The van der Waals surface area contributed by atoms with E-state index in [-0.39, 0.29) is 39.2 Å². The van der Waals surface area contributed by atoms with Crippen molar-refractivity contribution >= 4 is 33.7 Å². The average Bonchev–Trinajstić information content (AvgIpc) is 3.20. The average molecular weight is 546 g/mol. The molecule has 0 unspecified atom stereocenters. The van der Waals surface area contributed by atoms with E-state index in [1.165, 1.54) is 0 Å². The lowest BCUT2D eigenvalue weighted by Gasteiger charge is -2.08. The number of primary sulfonamides is 1. The van der Waals surface area contributed by atoms with Gasteiger partial charge in [0.2, 0.25) is 26.9 Å². The first-order chi connectivity index (χ1) is 16.8. The van der Waals surface area contributed by atoms with Gasteiger partial charge in [0.15, 0.2) is 0 Å². The molecule has 2 aromatic carbocycles. The topological polar surface area (TPSA) is 158 Å². The minimum Gasteiger partial charge on any atom is -0.312 e. The van der Waals surface area contributed by atoms with Crippen molar-refractivity contribution in [2.45, 2.75) is 22.6 Å². The van der Waals surface area contributed by atoms with Crippen LogP contribution in [0.2, 0.25) is 0 Å². The third-order valence-corrected chi connectivity index (χ3v) is 6.29. The third-order valence-electron chi connectivity index (χ3n) is 4.53. The van der Waals surface area contributed by atoms with Crippen molar-refractivity contribution in [3.05, 3.63) is 59.7 Å². The number of hydrogen-bond acceptors (Lipinski definition) is 9. The Labute approximate surface area is 206 Å². The molecule has 0 spiro atoms. The van der Waals surface area contributed by atoms with Gasteiger partial charge in [-0.3, -0.25) is 10.0 Å². The third kappa shape index (κ3) is 6.81. The minimum absolute atomic E-state index is 0.0377. The lowest BCUT2D eigenvalue weighted by molar-refractivity contribution is -0.158. The summed E-state index contributed by atoms with van der Waals surface area (Å²) in [4.78, 5) is 34.0. The molecule has 3 rings (SSSR count). The van der Waals surface area contributed by atoms with Gasteiger partial charge in [-0.05, 0) is 36.4 Å². The first-order valence-electron chi connectivity index (χ1n) is 9.84. The fraction of sp³-hybridized carbons (Fsp3) is 0.200. The molecule has 3 aromatic rings. The summed E-state index contributed by atoms with van der Waals surface area (Å²) >= 11 is 0.977. The van der Waals surface area contributed by atoms with E-state index in [1.54, 1.807) is 0 Å². The summed E-state index contributed by atoms with van der Waals surface area (Å²) in [5.74, 6) is -1.50. The van der Waals surface area contributed by atoms with Crippen LogP contribution < -0.4 is 9.98 Å². The Morgan fingerprint density at radius 2 is 1.75 bits per heavy atom. The van der Waals surface area contributed by atoms with Crippen LogP contribution in [0.5, 0.6) is 0 Å². The number of nitrogens with zero attached hydrogens (tertiary/aromatic N) is 4. The lowest BCUT2D eigenvalue weighted by atomic mass is 10.1. The Bertz CT molecular complexity index is 1360. The molecule has 36 heavy (non-hydrogen) atoms. The number of hydrogen-bond donors (Lipinski definition) is 2. The van der Waals surface area contributed by atoms with Crippen LogP contribution in [0, 0.1) is 0 Å². The van der Waals surface area contributed by atoms with Gasteiger partial charge in [-0.1, -0.05) is 28.7 Å². The highest BCUT2D eigenvalue weighted by molar-refractivity contribution is 7.99. The molecule has 0 fully saturated rings. The summed E-state index contributed by atoms with van der Waals surface area (Å²) < 4.78 is 61.6. The maximum atomic E-state index is 12.9. The van der Waals surface area contributed by atoms with Crippen molar-refractivity contribution < 1.29 is 41.2 Å². The summed E-state index contributed by atoms with van der Waals surface area (Å²) in [6.45, 7) is 0. The van der Waals surface area contributed by atoms with Crippen LogP contribution in [-0.2, 0) is 21.0 Å². The number of thioether (sulfide) groups is 1. The van der Waals surface area contributed by atoms with E-state index in [9.17, 15) is 31.2 Å². The number of sulfonamides is 1. The van der Waals surface area contributed by atoms with E-state index < -0.39 is 33.6 Å². The molecule has 1 heterocycles. The monoisotopic (exact) mass is 545 g/mol. The number of rotatable bonds is 8. The van der Waals surface area contributed by atoms with E-state index >= 15 is 0 Å². The van der Waals surface area contributed by atoms with Crippen LogP contribution >= 0.6 is 11.8 Å². The van der Waals surface area contributed by atoms with Crippen molar-refractivity contribution in [1.82, 2.24) is 20.0 Å². The molecular weight excluding hydrogens is 527 g/mol. The minimum atomic E-state index is -4.56. The van der Waals surface area contributed by atoms with E-state index in [1.807, 2.05) is 0 Å². The molecule has 11 nitrogen and oxygen atoms in total. The Kier molecular flexibility index (Phi) is 8.02. The Hall–Kier alpha value is -3.47. The highest BCUT2D eigenvalue weighted by atomic mass is 32.2. The van der Waals surface area contributed by atoms with E-state index in [0.29, 0.717) is 9.91 Å². The highest BCUT2D eigenvalue weighted by Gasteiger charge is 2.30. The summed E-state index contributed by atoms with van der Waals surface area (Å²) in [6.07, 6.45) is -4.63. The van der Waals surface area contributed by atoms with Crippen LogP contribution in [0.4, 0.5) is 13.2 Å². The molecule has 1 amide bonds. The summed E-state index contributed by atoms with van der Waals surface area (Å²) in [6, 6.07) is 8.40. The number of carbonyl (C=O) groups excluding carboxylic acids is 2. The van der Waals surface area contributed by atoms with Crippen LogP contribution in [0.15, 0.2) is 58.6 Å². The standard InChI is InChI=1S/C20H18F3N5O6S2/c1-27(31)16(29)10-11-35-19-25-17(12-2-6-14(7-3-12)20(21,22)23)28(26-19)34-18(30)13-4-8-15(9-5-13)36(24,32)33/h2-9,31H,10-11H2,1H3,(H2,24,32,33). The SMILES string of the molecule is CN(O)C(=O)CCSc1nc(-c2ccc(C(F)(F)F)cc2)n(OC(=O)c2ccc(S(N)(=O)=O)cc2)n1. The number of alkyl halides is 3. The molecule has 1 aromatic heterocycles. The fourth-order valence-corrected chi connectivity index (χ4v) is 3.95. The van der Waals surface area contributed by atoms with Crippen molar-refractivity contribution in [3.63, 3.8) is 0 Å². The molecule has 0 bridgehead atoms. The second kappa shape index (κ2) is 10.7. The molecule has 0 saturated heterocycles. The van der Waals surface area contributed by atoms with E-state index in [4.69, 9.17) is 15.2 Å². The molecule has 0 aliphatic heterocycles. The van der Waals surface area contributed by atoms with Gasteiger partial charge in [-0.15, -0.1) is 5.10 Å². The smallest absolute Gasteiger partial charge is 0.312 e. The normalized spacial score (nSPS) is 11.8. The van der Waals surface area contributed by atoms with Crippen LogP contribution in [0.25, 0.3) is 11.4 Å². The quantitative estimate of drug-likeness (QED) is 0.246. The fourth-order valence-electron chi connectivity index (χ4n) is 2.69. The predicted molar refractivity (Wildman–Crippen MR) is 119 cm³/mol. The number of hydroxylamine groups is 2. The van der Waals surface area contributed by atoms with Gasteiger partial charge in [0, 0.05) is 24.8 Å². The number of aromatic nitrogens is 3. The number of amides is 1. The number of carbonyl (C=O) groups is 2. The molecule has 0 aliphatic carbocycles. The van der Waals surface area contributed by atoms with Gasteiger partial charge in [-0.25, -0.2) is 23.4 Å². The molecular formula is C20H18F3N5O6S2. The summed E-state index contributed by atoms with van der Waals surface area (Å²) in [5, 5.41) is 18.6. The van der Waals surface area contributed by atoms with Crippen molar-refractivity contribution in [3.8, 4) is 11.4 Å². The second-order valence-electron chi connectivity index (χ2n) is 7.13.